The Balaban J connectivity index is 1.60. The van der Waals surface area contributed by atoms with Crippen molar-refractivity contribution >= 4 is 29.0 Å². The molecule has 7 heteroatoms. The van der Waals surface area contributed by atoms with Crippen molar-refractivity contribution in [1.82, 2.24) is 15.0 Å². The molecule has 1 amide bonds. The van der Waals surface area contributed by atoms with Gasteiger partial charge in [0.15, 0.2) is 0 Å². The predicted molar refractivity (Wildman–Crippen MR) is 95.8 cm³/mol. The zero-order chi connectivity index (χ0) is 16.9. The van der Waals surface area contributed by atoms with E-state index < -0.39 is 0 Å². The minimum absolute atomic E-state index is 0.0275. The quantitative estimate of drug-likeness (QED) is 0.624. The molecule has 2 aromatic heterocycles. The summed E-state index contributed by atoms with van der Waals surface area (Å²) in [4.78, 5) is 20.5. The molecule has 0 saturated heterocycles. The van der Waals surface area contributed by atoms with E-state index in [1.54, 1.807) is 23.3 Å². The number of aromatic nitrogens is 2. The number of carbonyl (C=O) groups is 1. The molecule has 0 N–H and O–H groups in total. The molecule has 124 valence electrons. The van der Waals surface area contributed by atoms with Gasteiger partial charge in [-0.2, -0.15) is 4.98 Å². The Morgan fingerprint density at radius 1 is 1.29 bits per heavy atom. The first-order chi connectivity index (χ1) is 11.6. The second kappa shape index (κ2) is 7.63. The van der Waals surface area contributed by atoms with Crippen molar-refractivity contribution in [1.29, 1.82) is 0 Å². The first-order valence-corrected chi connectivity index (χ1v) is 9.22. The summed E-state index contributed by atoms with van der Waals surface area (Å²) >= 11 is 3.09. The van der Waals surface area contributed by atoms with Gasteiger partial charge in [0, 0.05) is 11.9 Å². The normalized spacial score (nSPS) is 12.1. The number of amides is 1. The van der Waals surface area contributed by atoms with Gasteiger partial charge in [0.1, 0.15) is 0 Å². The summed E-state index contributed by atoms with van der Waals surface area (Å²) in [6.07, 6.45) is 0. The Morgan fingerprint density at radius 2 is 2.08 bits per heavy atom. The molecule has 0 aliphatic carbocycles. The van der Waals surface area contributed by atoms with E-state index in [9.17, 15) is 4.79 Å². The van der Waals surface area contributed by atoms with E-state index in [2.05, 4.69) is 10.1 Å². The molecule has 1 aromatic carbocycles. The largest absolute Gasteiger partial charge is 0.337 e. The van der Waals surface area contributed by atoms with Crippen LogP contribution in [0.25, 0.3) is 10.7 Å². The van der Waals surface area contributed by atoms with Crippen LogP contribution in [0.4, 0.5) is 0 Å². The van der Waals surface area contributed by atoms with Gasteiger partial charge in [0.2, 0.25) is 17.6 Å². The number of thioether (sulfide) groups is 1. The van der Waals surface area contributed by atoms with E-state index >= 15 is 0 Å². The average Bonchev–Trinajstić information content (AvgIpc) is 3.26. The highest BCUT2D eigenvalue weighted by atomic mass is 32.2. The van der Waals surface area contributed by atoms with Crippen molar-refractivity contribution in [2.45, 2.75) is 23.6 Å². The maximum Gasteiger partial charge on any atom is 0.246 e. The van der Waals surface area contributed by atoms with Gasteiger partial charge in [-0.25, -0.2) is 0 Å². The standard InChI is InChI=1S/C17H17N3O2S2/c1-12(24-13-7-4-3-5-8-13)17(21)20(2)11-15-18-16(19-22-15)14-9-6-10-23-14/h3-10,12H,11H2,1-2H3/t12-/m1/s1. The number of hydrogen-bond acceptors (Lipinski definition) is 6. The first kappa shape index (κ1) is 16.7. The van der Waals surface area contributed by atoms with E-state index in [1.165, 1.54) is 11.8 Å². The van der Waals surface area contributed by atoms with Crippen LogP contribution in [0.15, 0.2) is 57.3 Å². The molecule has 0 spiro atoms. The van der Waals surface area contributed by atoms with E-state index in [0.29, 0.717) is 18.3 Å². The van der Waals surface area contributed by atoms with Crippen LogP contribution >= 0.6 is 23.1 Å². The van der Waals surface area contributed by atoms with Gasteiger partial charge in [-0.3, -0.25) is 4.79 Å². The summed E-state index contributed by atoms with van der Waals surface area (Å²) in [6, 6.07) is 13.8. The maximum atomic E-state index is 12.5. The first-order valence-electron chi connectivity index (χ1n) is 7.46. The Labute approximate surface area is 148 Å². The van der Waals surface area contributed by atoms with Gasteiger partial charge in [-0.05, 0) is 30.5 Å². The molecule has 3 aromatic rings. The van der Waals surface area contributed by atoms with Crippen LogP contribution in [0.3, 0.4) is 0 Å². The molecule has 3 rings (SSSR count). The molecule has 0 radical (unpaired) electrons. The fourth-order valence-corrected chi connectivity index (χ4v) is 3.82. The van der Waals surface area contributed by atoms with Crippen molar-refractivity contribution in [2.75, 3.05) is 7.05 Å². The Kier molecular flexibility index (Phi) is 5.32. The molecule has 1 atom stereocenters. The highest BCUT2D eigenvalue weighted by Crippen LogP contribution is 2.25. The average molecular weight is 359 g/mol. The Morgan fingerprint density at radius 3 is 2.79 bits per heavy atom. The van der Waals surface area contributed by atoms with Crippen molar-refractivity contribution < 1.29 is 9.32 Å². The third-order valence-corrected chi connectivity index (χ3v) is 5.33. The van der Waals surface area contributed by atoms with Crippen molar-refractivity contribution in [3.05, 3.63) is 53.7 Å². The van der Waals surface area contributed by atoms with Gasteiger partial charge in [0.25, 0.3) is 0 Å². The molecule has 5 nitrogen and oxygen atoms in total. The van der Waals surface area contributed by atoms with Crippen molar-refractivity contribution in [3.63, 3.8) is 0 Å². The van der Waals surface area contributed by atoms with Gasteiger partial charge in [-0.1, -0.05) is 29.4 Å². The lowest BCUT2D eigenvalue weighted by atomic mass is 10.4. The van der Waals surface area contributed by atoms with Crippen LogP contribution in [-0.4, -0.2) is 33.2 Å². The van der Waals surface area contributed by atoms with Crippen LogP contribution in [0, 0.1) is 0 Å². The summed E-state index contributed by atoms with van der Waals surface area (Å²) in [7, 11) is 1.75. The third kappa shape index (κ3) is 4.04. The number of hydrogen-bond donors (Lipinski definition) is 0. The molecule has 0 aliphatic heterocycles. The lowest BCUT2D eigenvalue weighted by molar-refractivity contribution is -0.129. The minimum atomic E-state index is -0.183. The highest BCUT2D eigenvalue weighted by Gasteiger charge is 2.21. The monoisotopic (exact) mass is 359 g/mol. The molecule has 0 saturated carbocycles. The van der Waals surface area contributed by atoms with E-state index in [0.717, 1.165) is 9.77 Å². The molecular formula is C17H17N3O2S2. The number of benzene rings is 1. The molecule has 0 unspecified atom stereocenters. The van der Waals surface area contributed by atoms with Gasteiger partial charge < -0.3 is 9.42 Å². The second-order valence-corrected chi connectivity index (χ2v) is 7.62. The van der Waals surface area contributed by atoms with Gasteiger partial charge in [0.05, 0.1) is 16.7 Å². The third-order valence-electron chi connectivity index (χ3n) is 3.36. The van der Waals surface area contributed by atoms with E-state index in [1.807, 2.05) is 54.8 Å². The lowest BCUT2D eigenvalue weighted by Crippen LogP contribution is -2.32. The maximum absolute atomic E-state index is 12.5. The zero-order valence-electron chi connectivity index (χ0n) is 13.4. The van der Waals surface area contributed by atoms with Crippen LogP contribution in [0.5, 0.6) is 0 Å². The smallest absolute Gasteiger partial charge is 0.246 e. The Hall–Kier alpha value is -2.12. The molecule has 0 bridgehead atoms. The number of thiophene rings is 1. The van der Waals surface area contributed by atoms with Gasteiger partial charge >= 0.3 is 0 Å². The van der Waals surface area contributed by atoms with Crippen LogP contribution in [-0.2, 0) is 11.3 Å². The number of nitrogens with zero attached hydrogens (tertiary/aromatic N) is 3. The SMILES string of the molecule is C[C@@H](Sc1ccccc1)C(=O)N(C)Cc1nc(-c2cccs2)no1. The van der Waals surface area contributed by atoms with Crippen LogP contribution in [0.2, 0.25) is 0 Å². The molecule has 0 aliphatic rings. The second-order valence-electron chi connectivity index (χ2n) is 5.26. The lowest BCUT2D eigenvalue weighted by Gasteiger charge is -2.19. The summed E-state index contributed by atoms with van der Waals surface area (Å²) < 4.78 is 5.25. The molecular weight excluding hydrogens is 342 g/mol. The topological polar surface area (TPSA) is 59.2 Å². The van der Waals surface area contributed by atoms with Crippen LogP contribution < -0.4 is 0 Å². The summed E-state index contributed by atoms with van der Waals surface area (Å²) in [5.41, 5.74) is 0. The van der Waals surface area contributed by atoms with E-state index in [-0.39, 0.29) is 11.2 Å². The summed E-state index contributed by atoms with van der Waals surface area (Å²) in [6.45, 7) is 2.21. The fourth-order valence-electron chi connectivity index (χ4n) is 2.17. The minimum Gasteiger partial charge on any atom is -0.337 e. The molecule has 2 heterocycles. The predicted octanol–water partition coefficient (Wildman–Crippen LogP) is 3.94. The number of carbonyl (C=O) groups excluding carboxylic acids is 1. The number of rotatable bonds is 6. The van der Waals surface area contributed by atoms with Gasteiger partial charge in [-0.15, -0.1) is 23.1 Å². The molecule has 24 heavy (non-hydrogen) atoms. The Bertz CT molecular complexity index is 787. The highest BCUT2D eigenvalue weighted by molar-refractivity contribution is 8.00. The molecule has 0 fully saturated rings. The van der Waals surface area contributed by atoms with Crippen LogP contribution in [0.1, 0.15) is 12.8 Å². The van der Waals surface area contributed by atoms with Crippen molar-refractivity contribution in [2.24, 2.45) is 0 Å². The van der Waals surface area contributed by atoms with E-state index in [4.69, 9.17) is 4.52 Å². The zero-order valence-corrected chi connectivity index (χ0v) is 15.0. The van der Waals surface area contributed by atoms with Crippen molar-refractivity contribution in [3.8, 4) is 10.7 Å². The summed E-state index contributed by atoms with van der Waals surface area (Å²) in [5.74, 6) is 1.03. The fraction of sp³-hybridized carbons (Fsp3) is 0.235. The summed E-state index contributed by atoms with van der Waals surface area (Å²) in [5, 5.41) is 5.74.